The van der Waals surface area contributed by atoms with Gasteiger partial charge in [0.25, 0.3) is 5.91 Å². The maximum Gasteiger partial charge on any atom is 0.265 e. The van der Waals surface area contributed by atoms with E-state index in [1.165, 1.54) is 4.31 Å². The zero-order valence-corrected chi connectivity index (χ0v) is 19.7. The molecule has 1 aliphatic rings. The Morgan fingerprint density at radius 3 is 2.39 bits per heavy atom. The Morgan fingerprint density at radius 2 is 1.84 bits per heavy atom. The van der Waals surface area contributed by atoms with Gasteiger partial charge in [-0.1, -0.05) is 39.0 Å². The molecule has 1 atom stereocenters. The SMILES string of the molecule is COc1ccc(CN(C)C(=O)[C@H]2CN(S(C)(=O)=O)c3cc(C(C)(C)C)ccc3O2)cc1. The molecule has 168 valence electrons. The van der Waals surface area contributed by atoms with Crippen LogP contribution in [0.15, 0.2) is 42.5 Å². The molecule has 3 rings (SSSR count). The minimum Gasteiger partial charge on any atom is -0.497 e. The fourth-order valence-electron chi connectivity index (χ4n) is 3.49. The average Bonchev–Trinajstić information content (AvgIpc) is 2.71. The third-order valence-electron chi connectivity index (χ3n) is 5.33. The van der Waals surface area contributed by atoms with Crippen LogP contribution in [-0.2, 0) is 26.8 Å². The molecule has 31 heavy (non-hydrogen) atoms. The highest BCUT2D eigenvalue weighted by Crippen LogP contribution is 2.38. The summed E-state index contributed by atoms with van der Waals surface area (Å²) in [7, 11) is -0.314. The molecule has 0 bridgehead atoms. The largest absolute Gasteiger partial charge is 0.497 e. The zero-order valence-electron chi connectivity index (χ0n) is 18.9. The summed E-state index contributed by atoms with van der Waals surface area (Å²) in [5.41, 5.74) is 2.24. The maximum absolute atomic E-state index is 13.1. The first-order chi connectivity index (χ1) is 14.4. The van der Waals surface area contributed by atoms with E-state index in [0.29, 0.717) is 18.0 Å². The molecule has 1 heterocycles. The molecule has 2 aromatic rings. The lowest BCUT2D eigenvalue weighted by Crippen LogP contribution is -2.50. The summed E-state index contributed by atoms with van der Waals surface area (Å²) in [6.45, 7) is 6.49. The van der Waals surface area contributed by atoms with Crippen molar-refractivity contribution in [3.8, 4) is 11.5 Å². The van der Waals surface area contributed by atoms with Gasteiger partial charge < -0.3 is 14.4 Å². The minimum absolute atomic E-state index is 0.0643. The lowest BCUT2D eigenvalue weighted by Gasteiger charge is -2.36. The van der Waals surface area contributed by atoms with Crippen LogP contribution in [0.5, 0.6) is 11.5 Å². The topological polar surface area (TPSA) is 76.2 Å². The second-order valence-corrected chi connectivity index (χ2v) is 10.8. The first kappa shape index (κ1) is 22.9. The van der Waals surface area contributed by atoms with Gasteiger partial charge in [0.05, 0.1) is 25.6 Å². The van der Waals surface area contributed by atoms with Crippen LogP contribution >= 0.6 is 0 Å². The van der Waals surface area contributed by atoms with Crippen molar-refractivity contribution in [3.63, 3.8) is 0 Å². The van der Waals surface area contributed by atoms with E-state index in [2.05, 4.69) is 20.8 Å². The number of rotatable bonds is 5. The number of carbonyl (C=O) groups is 1. The molecule has 0 aliphatic carbocycles. The van der Waals surface area contributed by atoms with Crippen molar-refractivity contribution in [2.45, 2.75) is 38.8 Å². The molecule has 0 saturated carbocycles. The molecule has 0 N–H and O–H groups in total. The van der Waals surface area contributed by atoms with Crippen LogP contribution in [0.25, 0.3) is 0 Å². The van der Waals surface area contributed by atoms with Gasteiger partial charge >= 0.3 is 0 Å². The van der Waals surface area contributed by atoms with E-state index in [1.807, 2.05) is 36.4 Å². The van der Waals surface area contributed by atoms with Crippen LogP contribution in [0.4, 0.5) is 5.69 Å². The van der Waals surface area contributed by atoms with Gasteiger partial charge in [0.2, 0.25) is 10.0 Å². The van der Waals surface area contributed by atoms with E-state index in [-0.39, 0.29) is 17.9 Å². The third-order valence-corrected chi connectivity index (χ3v) is 6.47. The monoisotopic (exact) mass is 446 g/mol. The zero-order chi connectivity index (χ0) is 23.0. The lowest BCUT2D eigenvalue weighted by molar-refractivity contribution is -0.137. The van der Waals surface area contributed by atoms with Crippen LogP contribution < -0.4 is 13.8 Å². The molecule has 8 heteroatoms. The summed E-state index contributed by atoms with van der Waals surface area (Å²) in [5.74, 6) is 0.847. The lowest BCUT2D eigenvalue weighted by atomic mass is 9.86. The fourth-order valence-corrected chi connectivity index (χ4v) is 4.40. The highest BCUT2D eigenvalue weighted by atomic mass is 32.2. The number of likely N-dealkylation sites (N-methyl/N-ethyl adjacent to an activating group) is 1. The van der Waals surface area contributed by atoms with Gasteiger partial charge in [-0.25, -0.2) is 8.42 Å². The number of fused-ring (bicyclic) bond motifs is 1. The number of anilines is 1. The van der Waals surface area contributed by atoms with Gasteiger partial charge in [-0.2, -0.15) is 0 Å². The van der Waals surface area contributed by atoms with Crippen molar-refractivity contribution < 1.29 is 22.7 Å². The van der Waals surface area contributed by atoms with Gasteiger partial charge in [-0.3, -0.25) is 9.10 Å². The molecule has 1 amide bonds. The Kier molecular flexibility index (Phi) is 6.23. The standard InChI is InChI=1S/C23H30N2O5S/c1-23(2,3)17-9-12-20-19(13-17)25(31(6,27)28)15-21(30-20)22(26)24(4)14-16-7-10-18(29-5)11-8-16/h7-13,21H,14-15H2,1-6H3/t21-/m1/s1. The Balaban J connectivity index is 1.85. The van der Waals surface area contributed by atoms with Crippen LogP contribution in [-0.4, -0.2) is 52.3 Å². The number of carbonyl (C=O) groups excluding carboxylic acids is 1. The van der Waals surface area contributed by atoms with E-state index in [4.69, 9.17) is 9.47 Å². The second kappa shape index (κ2) is 8.42. The molecule has 0 saturated heterocycles. The first-order valence-corrected chi connectivity index (χ1v) is 11.9. The van der Waals surface area contributed by atoms with Crippen molar-refractivity contribution in [1.29, 1.82) is 0 Å². The summed E-state index contributed by atoms with van der Waals surface area (Å²) in [6, 6.07) is 12.9. The maximum atomic E-state index is 13.1. The van der Waals surface area contributed by atoms with Crippen molar-refractivity contribution >= 4 is 21.6 Å². The van der Waals surface area contributed by atoms with Gasteiger partial charge in [0.1, 0.15) is 11.5 Å². The molecular formula is C23H30N2O5S. The summed E-state index contributed by atoms with van der Waals surface area (Å²) in [4.78, 5) is 14.6. The average molecular weight is 447 g/mol. The van der Waals surface area contributed by atoms with Gasteiger partial charge in [-0.05, 0) is 40.8 Å². The van der Waals surface area contributed by atoms with Crippen LogP contribution in [0.3, 0.4) is 0 Å². The summed E-state index contributed by atoms with van der Waals surface area (Å²) in [5, 5.41) is 0. The van der Waals surface area contributed by atoms with E-state index >= 15 is 0 Å². The highest BCUT2D eigenvalue weighted by molar-refractivity contribution is 7.92. The second-order valence-electron chi connectivity index (χ2n) is 8.88. The quantitative estimate of drug-likeness (QED) is 0.705. The van der Waals surface area contributed by atoms with Crippen LogP contribution in [0.2, 0.25) is 0 Å². The highest BCUT2D eigenvalue weighted by Gasteiger charge is 2.37. The molecule has 2 aromatic carbocycles. The Morgan fingerprint density at radius 1 is 1.19 bits per heavy atom. The van der Waals surface area contributed by atoms with E-state index < -0.39 is 16.1 Å². The van der Waals surface area contributed by atoms with E-state index in [9.17, 15) is 13.2 Å². The van der Waals surface area contributed by atoms with Crippen molar-refractivity contribution in [3.05, 3.63) is 53.6 Å². The molecule has 7 nitrogen and oxygen atoms in total. The molecule has 0 radical (unpaired) electrons. The number of amides is 1. The number of benzene rings is 2. The molecular weight excluding hydrogens is 416 g/mol. The van der Waals surface area contributed by atoms with Crippen LogP contribution in [0, 0.1) is 0 Å². The number of methoxy groups -OCH3 is 1. The fraction of sp³-hybridized carbons (Fsp3) is 0.435. The van der Waals surface area contributed by atoms with Gasteiger partial charge in [0.15, 0.2) is 6.10 Å². The summed E-state index contributed by atoms with van der Waals surface area (Å²) in [6.07, 6.45) is 0.222. The van der Waals surface area contributed by atoms with Gasteiger partial charge in [-0.15, -0.1) is 0 Å². The number of ether oxygens (including phenoxy) is 2. The molecule has 0 unspecified atom stereocenters. The predicted molar refractivity (Wildman–Crippen MR) is 121 cm³/mol. The summed E-state index contributed by atoms with van der Waals surface area (Å²) >= 11 is 0. The molecule has 0 fully saturated rings. The number of sulfonamides is 1. The van der Waals surface area contributed by atoms with Crippen LogP contribution in [0.1, 0.15) is 31.9 Å². The van der Waals surface area contributed by atoms with Crippen molar-refractivity contribution in [2.75, 3.05) is 31.3 Å². The van der Waals surface area contributed by atoms with Crippen molar-refractivity contribution in [1.82, 2.24) is 4.90 Å². The molecule has 0 aromatic heterocycles. The van der Waals surface area contributed by atoms with Crippen molar-refractivity contribution in [2.24, 2.45) is 0 Å². The Hall–Kier alpha value is -2.74. The molecule has 0 spiro atoms. The van der Waals surface area contributed by atoms with Gasteiger partial charge in [0, 0.05) is 13.6 Å². The Bertz CT molecular complexity index is 1060. The Labute approximate surface area is 184 Å². The van der Waals surface area contributed by atoms with E-state index in [0.717, 1.165) is 23.1 Å². The smallest absolute Gasteiger partial charge is 0.265 e. The first-order valence-electron chi connectivity index (χ1n) is 10.1. The summed E-state index contributed by atoms with van der Waals surface area (Å²) < 4.78 is 37.5. The predicted octanol–water partition coefficient (Wildman–Crippen LogP) is 3.18. The third kappa shape index (κ3) is 5.12. The molecule has 1 aliphatic heterocycles. The number of nitrogens with zero attached hydrogens (tertiary/aromatic N) is 2. The number of hydrogen-bond acceptors (Lipinski definition) is 5. The number of hydrogen-bond donors (Lipinski definition) is 0. The van der Waals surface area contributed by atoms with E-state index in [1.54, 1.807) is 25.1 Å². The minimum atomic E-state index is -3.59. The normalized spacial score (nSPS) is 16.3.